The van der Waals surface area contributed by atoms with Gasteiger partial charge in [-0.2, -0.15) is 0 Å². The minimum atomic E-state index is -0.461. The van der Waals surface area contributed by atoms with Crippen molar-refractivity contribution in [2.24, 2.45) is 0 Å². The third-order valence-corrected chi connectivity index (χ3v) is 2.34. The van der Waals surface area contributed by atoms with Gasteiger partial charge in [-0.3, -0.25) is 10.1 Å². The second kappa shape index (κ2) is 4.44. The zero-order valence-electron chi connectivity index (χ0n) is 8.77. The van der Waals surface area contributed by atoms with Crippen LogP contribution in [0, 0.1) is 10.1 Å². The van der Waals surface area contributed by atoms with Crippen molar-refractivity contribution in [2.45, 2.75) is 19.9 Å². The fourth-order valence-corrected chi connectivity index (χ4v) is 1.21. The summed E-state index contributed by atoms with van der Waals surface area (Å²) in [7, 11) is 1.75. The highest BCUT2D eigenvalue weighted by molar-refractivity contribution is 6.29. The first-order valence-electron chi connectivity index (χ1n) is 4.47. The number of halogens is 1. The Morgan fingerprint density at radius 1 is 1.53 bits per heavy atom. The summed E-state index contributed by atoms with van der Waals surface area (Å²) in [6, 6.07) is 2.90. The molecule has 0 aliphatic rings. The van der Waals surface area contributed by atoms with E-state index < -0.39 is 4.92 Å². The number of aromatic nitrogens is 1. The van der Waals surface area contributed by atoms with Gasteiger partial charge in [0.2, 0.25) is 5.82 Å². The highest BCUT2D eigenvalue weighted by atomic mass is 35.5. The Bertz CT molecular complexity index is 382. The SMILES string of the molecule is CC(C)N(C)c1nc(Cl)ccc1[N+](=O)[O-]. The van der Waals surface area contributed by atoms with Gasteiger partial charge in [-0.1, -0.05) is 11.6 Å². The minimum Gasteiger partial charge on any atom is -0.351 e. The number of nitrogens with zero attached hydrogens (tertiary/aromatic N) is 3. The van der Waals surface area contributed by atoms with Crippen LogP contribution in [0.5, 0.6) is 0 Å². The van der Waals surface area contributed by atoms with Crippen molar-refractivity contribution in [3.05, 3.63) is 27.4 Å². The molecular formula is C9H12ClN3O2. The standard InChI is InChI=1S/C9H12ClN3O2/c1-6(2)12(3)9-7(13(14)15)4-5-8(10)11-9/h4-6H,1-3H3. The monoisotopic (exact) mass is 229 g/mol. The van der Waals surface area contributed by atoms with Crippen molar-refractivity contribution in [2.75, 3.05) is 11.9 Å². The number of anilines is 1. The number of nitro groups is 1. The zero-order valence-corrected chi connectivity index (χ0v) is 9.52. The summed E-state index contributed by atoms with van der Waals surface area (Å²) < 4.78 is 0. The molecule has 0 bridgehead atoms. The van der Waals surface area contributed by atoms with Crippen LogP contribution in [0.1, 0.15) is 13.8 Å². The largest absolute Gasteiger partial charge is 0.351 e. The Hall–Kier alpha value is -1.36. The molecule has 1 rings (SSSR count). The molecule has 5 nitrogen and oxygen atoms in total. The Labute approximate surface area is 92.8 Å². The van der Waals surface area contributed by atoms with Crippen LogP contribution in [-0.4, -0.2) is 23.0 Å². The van der Waals surface area contributed by atoms with E-state index in [4.69, 9.17) is 11.6 Å². The van der Waals surface area contributed by atoms with Gasteiger partial charge in [0.05, 0.1) is 4.92 Å². The number of rotatable bonds is 3. The van der Waals surface area contributed by atoms with Crippen LogP contribution in [-0.2, 0) is 0 Å². The van der Waals surface area contributed by atoms with E-state index in [1.165, 1.54) is 12.1 Å². The number of pyridine rings is 1. The molecular weight excluding hydrogens is 218 g/mol. The molecule has 0 saturated carbocycles. The van der Waals surface area contributed by atoms with E-state index in [1.807, 2.05) is 13.8 Å². The fraction of sp³-hybridized carbons (Fsp3) is 0.444. The lowest BCUT2D eigenvalue weighted by Crippen LogP contribution is -2.27. The smallest absolute Gasteiger partial charge is 0.311 e. The van der Waals surface area contributed by atoms with Gasteiger partial charge >= 0.3 is 5.69 Å². The van der Waals surface area contributed by atoms with Gasteiger partial charge < -0.3 is 4.90 Å². The molecule has 0 spiro atoms. The second-order valence-corrected chi connectivity index (χ2v) is 3.83. The summed E-state index contributed by atoms with van der Waals surface area (Å²) >= 11 is 5.71. The molecule has 0 N–H and O–H groups in total. The van der Waals surface area contributed by atoms with Crippen LogP contribution < -0.4 is 4.90 Å². The third-order valence-electron chi connectivity index (χ3n) is 2.13. The maximum Gasteiger partial charge on any atom is 0.311 e. The van der Waals surface area contributed by atoms with Crippen LogP contribution in [0.25, 0.3) is 0 Å². The van der Waals surface area contributed by atoms with E-state index >= 15 is 0 Å². The maximum atomic E-state index is 10.8. The van der Waals surface area contributed by atoms with Crippen LogP contribution in [0.4, 0.5) is 11.5 Å². The molecule has 0 fully saturated rings. The Kier molecular flexibility index (Phi) is 3.47. The van der Waals surface area contributed by atoms with E-state index in [0.717, 1.165) is 0 Å². The van der Waals surface area contributed by atoms with Gasteiger partial charge in [0.25, 0.3) is 0 Å². The van der Waals surface area contributed by atoms with Gasteiger partial charge in [0.1, 0.15) is 5.15 Å². The maximum absolute atomic E-state index is 10.8. The van der Waals surface area contributed by atoms with Crippen molar-refractivity contribution in [1.29, 1.82) is 0 Å². The fourth-order valence-electron chi connectivity index (χ4n) is 1.06. The Morgan fingerprint density at radius 2 is 2.13 bits per heavy atom. The van der Waals surface area contributed by atoms with Crippen molar-refractivity contribution in [3.63, 3.8) is 0 Å². The summed E-state index contributed by atoms with van der Waals surface area (Å²) in [6.45, 7) is 3.85. The molecule has 0 atom stereocenters. The predicted octanol–water partition coefficient (Wildman–Crippen LogP) is 2.49. The molecule has 0 aliphatic heterocycles. The molecule has 0 aliphatic carbocycles. The molecule has 15 heavy (non-hydrogen) atoms. The molecule has 1 aromatic rings. The first kappa shape index (κ1) is 11.7. The Balaban J connectivity index is 3.24. The van der Waals surface area contributed by atoms with E-state index in [1.54, 1.807) is 11.9 Å². The predicted molar refractivity (Wildman–Crippen MR) is 59.4 cm³/mol. The van der Waals surface area contributed by atoms with Crippen LogP contribution in [0.2, 0.25) is 5.15 Å². The molecule has 1 aromatic heterocycles. The minimum absolute atomic E-state index is 0.0319. The summed E-state index contributed by atoms with van der Waals surface area (Å²) in [4.78, 5) is 16.0. The number of hydrogen-bond acceptors (Lipinski definition) is 4. The molecule has 0 aromatic carbocycles. The first-order chi connectivity index (χ1) is 6.93. The summed E-state index contributed by atoms with van der Waals surface area (Å²) in [5.41, 5.74) is -0.0319. The average Bonchev–Trinajstić information content (AvgIpc) is 2.15. The summed E-state index contributed by atoms with van der Waals surface area (Å²) in [6.07, 6.45) is 0. The van der Waals surface area contributed by atoms with E-state index in [0.29, 0.717) is 5.82 Å². The van der Waals surface area contributed by atoms with Gasteiger partial charge in [-0.25, -0.2) is 4.98 Å². The van der Waals surface area contributed by atoms with Gasteiger partial charge in [0.15, 0.2) is 0 Å². The summed E-state index contributed by atoms with van der Waals surface area (Å²) in [5, 5.41) is 11.0. The lowest BCUT2D eigenvalue weighted by atomic mass is 10.3. The molecule has 6 heteroatoms. The lowest BCUT2D eigenvalue weighted by Gasteiger charge is -2.22. The highest BCUT2D eigenvalue weighted by Crippen LogP contribution is 2.27. The normalized spacial score (nSPS) is 10.5. The summed E-state index contributed by atoms with van der Waals surface area (Å²) in [5.74, 6) is 0.294. The van der Waals surface area contributed by atoms with E-state index in [-0.39, 0.29) is 16.9 Å². The van der Waals surface area contributed by atoms with E-state index in [9.17, 15) is 10.1 Å². The van der Waals surface area contributed by atoms with Crippen LogP contribution >= 0.6 is 11.6 Å². The zero-order chi connectivity index (χ0) is 11.6. The van der Waals surface area contributed by atoms with Crippen molar-refractivity contribution in [3.8, 4) is 0 Å². The molecule has 0 saturated heterocycles. The molecule has 82 valence electrons. The highest BCUT2D eigenvalue weighted by Gasteiger charge is 2.20. The topological polar surface area (TPSA) is 59.3 Å². The number of hydrogen-bond donors (Lipinski definition) is 0. The lowest BCUT2D eigenvalue weighted by molar-refractivity contribution is -0.384. The van der Waals surface area contributed by atoms with Gasteiger partial charge in [-0.15, -0.1) is 0 Å². The molecule has 0 amide bonds. The van der Waals surface area contributed by atoms with Crippen molar-refractivity contribution >= 4 is 23.1 Å². The van der Waals surface area contributed by atoms with Crippen molar-refractivity contribution in [1.82, 2.24) is 4.98 Å². The molecule has 0 unspecified atom stereocenters. The molecule has 0 radical (unpaired) electrons. The van der Waals surface area contributed by atoms with Gasteiger partial charge in [0, 0.05) is 19.2 Å². The van der Waals surface area contributed by atoms with E-state index in [2.05, 4.69) is 4.98 Å². The van der Waals surface area contributed by atoms with Crippen LogP contribution in [0.3, 0.4) is 0 Å². The quantitative estimate of drug-likeness (QED) is 0.454. The average molecular weight is 230 g/mol. The van der Waals surface area contributed by atoms with Crippen molar-refractivity contribution < 1.29 is 4.92 Å². The van der Waals surface area contributed by atoms with Crippen LogP contribution in [0.15, 0.2) is 12.1 Å². The second-order valence-electron chi connectivity index (χ2n) is 3.44. The third kappa shape index (κ3) is 2.56. The Morgan fingerprint density at radius 3 is 2.60 bits per heavy atom. The first-order valence-corrected chi connectivity index (χ1v) is 4.85. The molecule has 1 heterocycles. The van der Waals surface area contributed by atoms with Gasteiger partial charge in [-0.05, 0) is 19.9 Å².